The minimum Gasteiger partial charge on any atom is -0.275 e. The molecule has 0 spiro atoms. The zero-order valence-corrected chi connectivity index (χ0v) is 13.9. The maximum atomic E-state index is 3.52. The van der Waals surface area contributed by atoms with Gasteiger partial charge in [0.1, 0.15) is 0 Å². The fourth-order valence-corrected chi connectivity index (χ4v) is 4.80. The molecule has 0 bridgehead atoms. The van der Waals surface area contributed by atoms with Gasteiger partial charge in [0, 0.05) is 12.5 Å². The van der Waals surface area contributed by atoms with Crippen molar-refractivity contribution in [2.75, 3.05) is 13.1 Å². The highest BCUT2D eigenvalue weighted by atomic mass is 79.9. The van der Waals surface area contributed by atoms with Crippen molar-refractivity contribution in [3.05, 3.63) is 59.1 Å². The zero-order valence-electron chi connectivity index (χ0n) is 11.4. The monoisotopic (exact) mass is 335 g/mol. The summed E-state index contributed by atoms with van der Waals surface area (Å²) in [5, 5.41) is 2.83. The molecule has 1 nitrogen and oxygen atoms in total. The Kier molecular flexibility index (Phi) is 5.57. The van der Waals surface area contributed by atoms with Crippen molar-refractivity contribution in [2.45, 2.75) is 13.8 Å². The lowest BCUT2D eigenvalue weighted by atomic mass is 10.4. The topological polar surface area (TPSA) is 3.24 Å². The van der Waals surface area contributed by atoms with Crippen LogP contribution in [0.4, 0.5) is 0 Å². The number of hydrogen-bond acceptors (Lipinski definition) is 1. The standard InChI is InChI=1S/C16H19BrNP/c1-3-18(4-2)19(15-8-6-5-7-9-15)16-12-10-14(17)11-13-16/h5-13H,3-4H2,1-2H3. The second kappa shape index (κ2) is 7.19. The summed E-state index contributed by atoms with van der Waals surface area (Å²) >= 11 is 3.52. The second-order valence-electron chi connectivity index (χ2n) is 4.26. The highest BCUT2D eigenvalue weighted by molar-refractivity contribution is 9.10. The van der Waals surface area contributed by atoms with Gasteiger partial charge in [0.2, 0.25) is 0 Å². The average molecular weight is 336 g/mol. The summed E-state index contributed by atoms with van der Waals surface area (Å²) in [5.74, 6) is 0. The summed E-state index contributed by atoms with van der Waals surface area (Å²) in [4.78, 5) is 0. The van der Waals surface area contributed by atoms with Gasteiger partial charge in [-0.15, -0.1) is 0 Å². The summed E-state index contributed by atoms with van der Waals surface area (Å²) in [6.45, 7) is 6.63. The van der Waals surface area contributed by atoms with Crippen LogP contribution in [0.2, 0.25) is 0 Å². The first-order valence-electron chi connectivity index (χ1n) is 6.61. The van der Waals surface area contributed by atoms with E-state index in [4.69, 9.17) is 0 Å². The summed E-state index contributed by atoms with van der Waals surface area (Å²) in [7, 11) is -0.414. The van der Waals surface area contributed by atoms with E-state index >= 15 is 0 Å². The first-order chi connectivity index (χ1) is 9.26. The molecule has 0 radical (unpaired) electrons. The second-order valence-corrected chi connectivity index (χ2v) is 7.40. The van der Waals surface area contributed by atoms with E-state index in [0.29, 0.717) is 0 Å². The van der Waals surface area contributed by atoms with E-state index in [9.17, 15) is 0 Å². The maximum Gasteiger partial charge on any atom is 0.0281 e. The fraction of sp³-hybridized carbons (Fsp3) is 0.250. The smallest absolute Gasteiger partial charge is 0.0281 e. The van der Waals surface area contributed by atoms with Gasteiger partial charge in [-0.25, -0.2) is 0 Å². The minimum atomic E-state index is -0.414. The van der Waals surface area contributed by atoms with Crippen molar-refractivity contribution < 1.29 is 0 Å². The number of halogens is 1. The molecule has 1 unspecified atom stereocenters. The van der Waals surface area contributed by atoms with Gasteiger partial charge in [0.25, 0.3) is 0 Å². The van der Waals surface area contributed by atoms with E-state index in [2.05, 4.69) is 89.0 Å². The maximum absolute atomic E-state index is 3.52. The SMILES string of the molecule is CCN(CC)P(c1ccccc1)c1ccc(Br)cc1. The van der Waals surface area contributed by atoms with Crippen molar-refractivity contribution >= 4 is 34.6 Å². The van der Waals surface area contributed by atoms with E-state index < -0.39 is 8.07 Å². The molecule has 19 heavy (non-hydrogen) atoms. The van der Waals surface area contributed by atoms with Crippen molar-refractivity contribution in [2.24, 2.45) is 0 Å². The van der Waals surface area contributed by atoms with Crippen LogP contribution in [0.1, 0.15) is 13.8 Å². The van der Waals surface area contributed by atoms with E-state index in [1.165, 1.54) is 10.6 Å². The molecule has 100 valence electrons. The number of benzene rings is 2. The summed E-state index contributed by atoms with van der Waals surface area (Å²) in [6.07, 6.45) is 0. The number of nitrogens with zero attached hydrogens (tertiary/aromatic N) is 1. The molecule has 0 saturated heterocycles. The number of rotatable bonds is 5. The lowest BCUT2D eigenvalue weighted by molar-refractivity contribution is 0.514. The molecular formula is C16H19BrNP. The van der Waals surface area contributed by atoms with E-state index in [1.54, 1.807) is 0 Å². The molecule has 2 aromatic carbocycles. The first-order valence-corrected chi connectivity index (χ1v) is 8.70. The van der Waals surface area contributed by atoms with Gasteiger partial charge in [-0.2, -0.15) is 0 Å². The Hall–Kier alpha value is -0.690. The largest absolute Gasteiger partial charge is 0.275 e. The normalized spacial score (nSPS) is 12.6. The van der Waals surface area contributed by atoms with E-state index in [0.717, 1.165) is 17.6 Å². The fourth-order valence-electron chi connectivity index (χ4n) is 2.13. The summed E-state index contributed by atoms with van der Waals surface area (Å²) in [6, 6.07) is 19.6. The lowest BCUT2D eigenvalue weighted by Gasteiger charge is -2.30. The van der Waals surface area contributed by atoms with Crippen molar-refractivity contribution in [1.29, 1.82) is 0 Å². The third kappa shape index (κ3) is 3.66. The van der Waals surface area contributed by atoms with Crippen LogP contribution >= 0.6 is 24.0 Å². The minimum absolute atomic E-state index is 0.414. The molecular weight excluding hydrogens is 317 g/mol. The van der Waals surface area contributed by atoms with Gasteiger partial charge in [0.15, 0.2) is 0 Å². The van der Waals surface area contributed by atoms with Gasteiger partial charge in [-0.3, -0.25) is 4.67 Å². The molecule has 2 rings (SSSR count). The highest BCUT2D eigenvalue weighted by Gasteiger charge is 2.19. The molecule has 0 N–H and O–H groups in total. The molecule has 0 aliphatic carbocycles. The van der Waals surface area contributed by atoms with Crippen LogP contribution in [0.3, 0.4) is 0 Å². The van der Waals surface area contributed by atoms with Crippen LogP contribution in [0.25, 0.3) is 0 Å². The quantitative estimate of drug-likeness (QED) is 0.742. The average Bonchev–Trinajstić information content (AvgIpc) is 2.47. The third-order valence-corrected chi connectivity index (χ3v) is 6.32. The Labute approximate surface area is 125 Å². The molecule has 0 aliphatic rings. The Morgan fingerprint density at radius 2 is 1.37 bits per heavy atom. The predicted molar refractivity (Wildman–Crippen MR) is 89.7 cm³/mol. The molecule has 0 heterocycles. The Morgan fingerprint density at radius 3 is 1.89 bits per heavy atom. The van der Waals surface area contributed by atoms with Crippen LogP contribution in [0, 0.1) is 0 Å². The molecule has 0 aliphatic heterocycles. The predicted octanol–water partition coefficient (Wildman–Crippen LogP) is 4.14. The number of hydrogen-bond donors (Lipinski definition) is 0. The zero-order chi connectivity index (χ0) is 13.7. The van der Waals surface area contributed by atoms with Crippen molar-refractivity contribution in [3.63, 3.8) is 0 Å². The third-order valence-electron chi connectivity index (χ3n) is 3.08. The van der Waals surface area contributed by atoms with Crippen LogP contribution in [-0.2, 0) is 0 Å². The molecule has 0 fully saturated rings. The Balaban J connectivity index is 2.42. The van der Waals surface area contributed by atoms with Crippen molar-refractivity contribution in [3.8, 4) is 0 Å². The van der Waals surface area contributed by atoms with Gasteiger partial charge in [0.05, 0.1) is 0 Å². The van der Waals surface area contributed by atoms with Crippen LogP contribution in [-0.4, -0.2) is 17.8 Å². The van der Waals surface area contributed by atoms with Crippen LogP contribution < -0.4 is 10.6 Å². The highest BCUT2D eigenvalue weighted by Crippen LogP contribution is 2.37. The lowest BCUT2D eigenvalue weighted by Crippen LogP contribution is -2.28. The molecule has 1 atom stereocenters. The molecule has 0 amide bonds. The van der Waals surface area contributed by atoms with E-state index in [-0.39, 0.29) is 0 Å². The molecule has 2 aromatic rings. The first kappa shape index (κ1) is 14.7. The van der Waals surface area contributed by atoms with E-state index in [1.807, 2.05) is 0 Å². The summed E-state index contributed by atoms with van der Waals surface area (Å²) in [5.41, 5.74) is 0. The van der Waals surface area contributed by atoms with Gasteiger partial charge in [-0.1, -0.05) is 72.2 Å². The Bertz CT molecular complexity index is 494. The molecule has 0 aromatic heterocycles. The van der Waals surface area contributed by atoms with Gasteiger partial charge >= 0.3 is 0 Å². The Morgan fingerprint density at radius 1 is 0.842 bits per heavy atom. The molecule has 3 heteroatoms. The van der Waals surface area contributed by atoms with Gasteiger partial charge < -0.3 is 0 Å². The summed E-state index contributed by atoms with van der Waals surface area (Å²) < 4.78 is 3.69. The molecule has 0 saturated carbocycles. The van der Waals surface area contributed by atoms with Crippen LogP contribution in [0.5, 0.6) is 0 Å². The van der Waals surface area contributed by atoms with Crippen molar-refractivity contribution in [1.82, 2.24) is 4.67 Å². The van der Waals surface area contributed by atoms with Crippen LogP contribution in [0.15, 0.2) is 59.1 Å². The van der Waals surface area contributed by atoms with Gasteiger partial charge in [-0.05, 0) is 35.8 Å².